The first-order chi connectivity index (χ1) is 21.3. The van der Waals surface area contributed by atoms with Crippen molar-refractivity contribution in [3.8, 4) is 45.3 Å². The maximum absolute atomic E-state index is 7.46. The van der Waals surface area contributed by atoms with Gasteiger partial charge in [-0.05, 0) is 34.5 Å². The Bertz CT molecular complexity index is 2340. The van der Waals surface area contributed by atoms with Gasteiger partial charge < -0.3 is 4.42 Å². The summed E-state index contributed by atoms with van der Waals surface area (Å²) in [6.45, 7) is 7.46. The molecule has 0 spiro atoms. The van der Waals surface area contributed by atoms with Gasteiger partial charge in [-0.2, -0.15) is 0 Å². The van der Waals surface area contributed by atoms with Gasteiger partial charge in [0.25, 0.3) is 0 Å². The molecule has 0 fully saturated rings. The van der Waals surface area contributed by atoms with Crippen molar-refractivity contribution in [2.24, 2.45) is 0 Å². The van der Waals surface area contributed by atoms with Crippen molar-refractivity contribution in [2.75, 3.05) is 0 Å². The molecule has 0 aliphatic heterocycles. The topological polar surface area (TPSA) is 56.2 Å². The molecule has 0 saturated carbocycles. The van der Waals surface area contributed by atoms with Crippen LogP contribution in [0.1, 0.15) is 0 Å². The van der Waals surface area contributed by atoms with Crippen molar-refractivity contribution in [2.45, 2.75) is 0 Å². The highest BCUT2D eigenvalue weighted by molar-refractivity contribution is 6.15. The Kier molecular flexibility index (Phi) is 5.77. The number of aromatic nitrogens is 3. The van der Waals surface area contributed by atoms with E-state index in [0.29, 0.717) is 23.2 Å². The van der Waals surface area contributed by atoms with Crippen LogP contribution in [0, 0.1) is 6.57 Å². The van der Waals surface area contributed by atoms with Crippen LogP contribution in [0.3, 0.4) is 0 Å². The van der Waals surface area contributed by atoms with E-state index in [1.807, 2.05) is 103 Å². The van der Waals surface area contributed by atoms with Crippen LogP contribution < -0.4 is 0 Å². The van der Waals surface area contributed by atoms with E-state index in [2.05, 4.69) is 35.2 Å². The van der Waals surface area contributed by atoms with Crippen molar-refractivity contribution in [1.29, 1.82) is 0 Å². The molecule has 0 radical (unpaired) electrons. The summed E-state index contributed by atoms with van der Waals surface area (Å²) in [5.41, 5.74) is 6.78. The zero-order valence-corrected chi connectivity index (χ0v) is 22.9. The molecule has 8 aromatic rings. The molecule has 5 heteroatoms. The maximum atomic E-state index is 7.46. The first-order valence-corrected chi connectivity index (χ1v) is 14.0. The monoisotopic (exact) mass is 550 g/mol. The molecule has 0 amide bonds. The molecule has 43 heavy (non-hydrogen) atoms. The van der Waals surface area contributed by atoms with Gasteiger partial charge in [-0.3, -0.25) is 0 Å². The van der Waals surface area contributed by atoms with Crippen molar-refractivity contribution >= 4 is 38.4 Å². The van der Waals surface area contributed by atoms with E-state index in [1.54, 1.807) is 0 Å². The van der Waals surface area contributed by atoms with E-state index in [1.165, 1.54) is 0 Å². The third-order valence-corrected chi connectivity index (χ3v) is 7.77. The largest absolute Gasteiger partial charge is 0.456 e. The summed E-state index contributed by atoms with van der Waals surface area (Å²) in [5, 5.41) is 4.19. The number of hydrogen-bond acceptors (Lipinski definition) is 4. The highest BCUT2D eigenvalue weighted by Crippen LogP contribution is 2.43. The second kappa shape index (κ2) is 10.1. The lowest BCUT2D eigenvalue weighted by Gasteiger charge is -2.14. The first-order valence-electron chi connectivity index (χ1n) is 14.0. The Morgan fingerprint density at radius 2 is 1.16 bits per heavy atom. The highest BCUT2D eigenvalue weighted by atomic mass is 16.3. The fourth-order valence-corrected chi connectivity index (χ4v) is 5.76. The zero-order chi connectivity index (χ0) is 28.8. The smallest absolute Gasteiger partial charge is 0.187 e. The molecule has 6 aromatic carbocycles. The molecular formula is C38H22N4O. The summed E-state index contributed by atoms with van der Waals surface area (Å²) >= 11 is 0. The van der Waals surface area contributed by atoms with Gasteiger partial charge in [0.05, 0.1) is 6.57 Å². The van der Waals surface area contributed by atoms with E-state index < -0.39 is 0 Å². The quantitative estimate of drug-likeness (QED) is 0.205. The molecule has 0 N–H and O–H groups in total. The maximum Gasteiger partial charge on any atom is 0.187 e. The van der Waals surface area contributed by atoms with E-state index in [0.717, 1.165) is 60.5 Å². The van der Waals surface area contributed by atoms with E-state index >= 15 is 0 Å². The molecule has 2 aromatic heterocycles. The van der Waals surface area contributed by atoms with Crippen LogP contribution in [0.15, 0.2) is 138 Å². The molecule has 0 aliphatic carbocycles. The van der Waals surface area contributed by atoms with Gasteiger partial charge in [-0.1, -0.05) is 115 Å². The number of benzene rings is 6. The number of rotatable bonds is 4. The lowest BCUT2D eigenvalue weighted by atomic mass is 9.93. The minimum Gasteiger partial charge on any atom is -0.456 e. The average molecular weight is 551 g/mol. The fraction of sp³-hybridized carbons (Fsp3) is 0. The van der Waals surface area contributed by atoms with Crippen molar-refractivity contribution < 1.29 is 4.42 Å². The number of para-hydroxylation sites is 1. The van der Waals surface area contributed by atoms with Crippen molar-refractivity contribution in [3.63, 3.8) is 0 Å². The molecule has 0 unspecified atom stereocenters. The molecular weight excluding hydrogens is 528 g/mol. The summed E-state index contributed by atoms with van der Waals surface area (Å²) in [5.74, 6) is 1.76. The minimum atomic E-state index is 0.563. The van der Waals surface area contributed by atoms with Crippen molar-refractivity contribution in [3.05, 3.63) is 145 Å². The van der Waals surface area contributed by atoms with Gasteiger partial charge in [-0.15, -0.1) is 0 Å². The summed E-state index contributed by atoms with van der Waals surface area (Å²) in [6, 6.07) is 44.2. The van der Waals surface area contributed by atoms with Gasteiger partial charge in [0.1, 0.15) is 11.2 Å². The third kappa shape index (κ3) is 4.21. The van der Waals surface area contributed by atoms with Gasteiger partial charge in [0.15, 0.2) is 23.2 Å². The predicted molar refractivity (Wildman–Crippen MR) is 173 cm³/mol. The second-order valence-electron chi connectivity index (χ2n) is 10.3. The number of furan rings is 1. The molecule has 8 rings (SSSR count). The number of hydrogen-bond donors (Lipinski definition) is 0. The van der Waals surface area contributed by atoms with Gasteiger partial charge in [-0.25, -0.2) is 19.8 Å². The fourth-order valence-electron chi connectivity index (χ4n) is 5.76. The number of nitrogens with zero attached hydrogens (tertiary/aromatic N) is 4. The third-order valence-electron chi connectivity index (χ3n) is 7.77. The lowest BCUT2D eigenvalue weighted by Crippen LogP contribution is -2.01. The zero-order valence-electron chi connectivity index (χ0n) is 22.9. The highest BCUT2D eigenvalue weighted by Gasteiger charge is 2.21. The SMILES string of the molecule is [C-]#[N+]c1ccc(-c2c(-c3nc(-c4ccccc4)nc(-c4cccc5ccccc45)n3)ccc3oc4ccccc4c23)cc1. The van der Waals surface area contributed by atoms with Crippen LogP contribution in [0.4, 0.5) is 5.69 Å². The van der Waals surface area contributed by atoms with E-state index in [4.69, 9.17) is 25.9 Å². The molecule has 200 valence electrons. The Hall–Kier alpha value is -6.12. The van der Waals surface area contributed by atoms with Crippen LogP contribution in [0.5, 0.6) is 0 Å². The van der Waals surface area contributed by atoms with Crippen LogP contribution in [0.2, 0.25) is 0 Å². The standard InChI is InChI=1S/C38H22N4O/c1-39-27-20-18-25(19-21-27)34-31(22-23-33-35(34)30-15-7-8-17-32(30)43-33)38-41-36(26-11-3-2-4-12-26)40-37(42-38)29-16-9-13-24-10-5-6-14-28(24)29/h2-23H. The first kappa shape index (κ1) is 24.7. The molecule has 0 atom stereocenters. The average Bonchev–Trinajstić information content (AvgIpc) is 3.47. The van der Waals surface area contributed by atoms with Crippen molar-refractivity contribution in [1.82, 2.24) is 15.0 Å². The van der Waals surface area contributed by atoms with E-state index in [9.17, 15) is 0 Å². The van der Waals surface area contributed by atoms with Gasteiger partial charge in [0.2, 0.25) is 0 Å². The second-order valence-corrected chi connectivity index (χ2v) is 10.3. The molecule has 0 bridgehead atoms. The van der Waals surface area contributed by atoms with E-state index in [-0.39, 0.29) is 0 Å². The molecule has 0 aliphatic rings. The van der Waals surface area contributed by atoms with Crippen LogP contribution in [-0.4, -0.2) is 15.0 Å². The Balaban J connectivity index is 1.46. The molecule has 0 saturated heterocycles. The molecule has 2 heterocycles. The van der Waals surface area contributed by atoms with Crippen LogP contribution in [-0.2, 0) is 0 Å². The predicted octanol–water partition coefficient (Wildman–Crippen LogP) is 10.1. The normalized spacial score (nSPS) is 11.2. The Morgan fingerprint density at radius 3 is 1.98 bits per heavy atom. The Morgan fingerprint density at radius 1 is 0.488 bits per heavy atom. The molecule has 5 nitrogen and oxygen atoms in total. The minimum absolute atomic E-state index is 0.563. The van der Waals surface area contributed by atoms with Gasteiger partial charge >= 0.3 is 0 Å². The summed E-state index contributed by atoms with van der Waals surface area (Å²) in [4.78, 5) is 18.8. The number of fused-ring (bicyclic) bond motifs is 4. The van der Waals surface area contributed by atoms with Crippen LogP contribution >= 0.6 is 0 Å². The summed E-state index contributed by atoms with van der Waals surface area (Å²) in [7, 11) is 0. The summed E-state index contributed by atoms with van der Waals surface area (Å²) < 4.78 is 6.28. The van der Waals surface area contributed by atoms with Crippen LogP contribution in [0.25, 0.3) is 82.8 Å². The summed E-state index contributed by atoms with van der Waals surface area (Å²) in [6.07, 6.45) is 0. The lowest BCUT2D eigenvalue weighted by molar-refractivity contribution is 0.669. The van der Waals surface area contributed by atoms with Gasteiger partial charge in [0, 0.05) is 33.0 Å². The Labute approximate surface area is 247 Å².